The zero-order valence-corrected chi connectivity index (χ0v) is 11.6. The summed E-state index contributed by atoms with van der Waals surface area (Å²) in [7, 11) is 0. The topological polar surface area (TPSA) is 99.0 Å². The van der Waals surface area contributed by atoms with Crippen LogP contribution in [0.2, 0.25) is 0 Å². The molecule has 0 atom stereocenters. The lowest BCUT2D eigenvalue weighted by Crippen LogP contribution is -2.08. The normalized spacial score (nSPS) is 10.8. The van der Waals surface area contributed by atoms with E-state index in [2.05, 4.69) is 10.4 Å². The van der Waals surface area contributed by atoms with Crippen LogP contribution in [0, 0.1) is 17.0 Å². The van der Waals surface area contributed by atoms with Crippen molar-refractivity contribution in [3.63, 3.8) is 0 Å². The molecule has 20 heavy (non-hydrogen) atoms. The number of anilines is 3. The molecule has 0 bridgehead atoms. The van der Waals surface area contributed by atoms with Crippen molar-refractivity contribution < 1.29 is 4.92 Å². The van der Waals surface area contributed by atoms with Gasteiger partial charge in [-0.2, -0.15) is 5.10 Å². The van der Waals surface area contributed by atoms with E-state index < -0.39 is 4.92 Å². The van der Waals surface area contributed by atoms with E-state index in [9.17, 15) is 10.1 Å². The van der Waals surface area contributed by atoms with E-state index >= 15 is 0 Å². The highest BCUT2D eigenvalue weighted by molar-refractivity contribution is 5.69. The predicted molar refractivity (Wildman–Crippen MR) is 78.1 cm³/mol. The maximum Gasteiger partial charge on any atom is 0.334 e. The summed E-state index contributed by atoms with van der Waals surface area (Å²) in [4.78, 5) is 10.8. The van der Waals surface area contributed by atoms with Crippen molar-refractivity contribution in [1.29, 1.82) is 0 Å². The zero-order valence-electron chi connectivity index (χ0n) is 11.6. The largest absolute Gasteiger partial charge is 0.399 e. The lowest BCUT2D eigenvalue weighted by molar-refractivity contribution is -0.384. The van der Waals surface area contributed by atoms with Crippen molar-refractivity contribution in [3.8, 4) is 0 Å². The Morgan fingerprint density at radius 2 is 2.15 bits per heavy atom. The number of aromatic nitrogens is 2. The van der Waals surface area contributed by atoms with E-state index in [0.29, 0.717) is 22.9 Å². The Labute approximate surface area is 116 Å². The number of aryl methyl sites for hydroxylation is 1. The van der Waals surface area contributed by atoms with Gasteiger partial charge in [-0.15, -0.1) is 0 Å². The van der Waals surface area contributed by atoms with Crippen molar-refractivity contribution in [2.75, 3.05) is 11.1 Å². The van der Waals surface area contributed by atoms with Crippen LogP contribution < -0.4 is 11.1 Å². The highest BCUT2D eigenvalue weighted by Gasteiger charge is 2.26. The van der Waals surface area contributed by atoms with E-state index in [4.69, 9.17) is 5.73 Å². The van der Waals surface area contributed by atoms with Gasteiger partial charge in [0.25, 0.3) is 0 Å². The van der Waals surface area contributed by atoms with Gasteiger partial charge in [0.15, 0.2) is 0 Å². The fourth-order valence-electron chi connectivity index (χ4n) is 2.00. The average Bonchev–Trinajstić information content (AvgIpc) is 2.66. The summed E-state index contributed by atoms with van der Waals surface area (Å²) >= 11 is 0. The summed E-state index contributed by atoms with van der Waals surface area (Å²) in [5, 5.41) is 18.5. The highest BCUT2D eigenvalue weighted by atomic mass is 16.6. The van der Waals surface area contributed by atoms with Gasteiger partial charge in [-0.1, -0.05) is 6.07 Å². The minimum absolute atomic E-state index is 0.00552. The van der Waals surface area contributed by atoms with Crippen LogP contribution in [0.3, 0.4) is 0 Å². The van der Waals surface area contributed by atoms with Crippen LogP contribution >= 0.6 is 0 Å². The summed E-state index contributed by atoms with van der Waals surface area (Å²) in [5.74, 6) is 0.369. The molecular weight excluding hydrogens is 258 g/mol. The van der Waals surface area contributed by atoms with Crippen molar-refractivity contribution in [2.24, 2.45) is 0 Å². The molecule has 2 aromatic rings. The number of nitrogens with two attached hydrogens (primary N) is 1. The molecule has 0 spiro atoms. The van der Waals surface area contributed by atoms with Gasteiger partial charge in [0, 0.05) is 17.4 Å². The second-order valence-electron chi connectivity index (χ2n) is 4.83. The van der Waals surface area contributed by atoms with E-state index in [1.165, 1.54) is 0 Å². The number of hydrogen-bond donors (Lipinski definition) is 2. The molecule has 0 radical (unpaired) electrons. The van der Waals surface area contributed by atoms with E-state index in [-0.39, 0.29) is 11.7 Å². The molecule has 1 aromatic heterocycles. The standard InChI is InChI=1S/C13H17N5O2/c1-8(2)17-13(12(18(19)20)9(3)16-17)15-11-6-4-5-10(14)7-11/h4-8,15H,14H2,1-3H3. The Bertz CT molecular complexity index is 648. The predicted octanol–water partition coefficient (Wildman–Crippen LogP) is 3.01. The third-order valence-electron chi connectivity index (χ3n) is 2.87. The number of rotatable bonds is 4. The molecule has 0 saturated carbocycles. The Kier molecular flexibility index (Phi) is 3.60. The van der Waals surface area contributed by atoms with Gasteiger partial charge in [0.05, 0.1) is 4.92 Å². The second kappa shape index (κ2) is 5.20. The first kappa shape index (κ1) is 13.9. The van der Waals surface area contributed by atoms with Crippen LogP contribution in [0.5, 0.6) is 0 Å². The molecule has 0 amide bonds. The SMILES string of the molecule is Cc1nn(C(C)C)c(Nc2cccc(N)c2)c1[N+](=O)[O-]. The van der Waals surface area contributed by atoms with Crippen molar-refractivity contribution in [1.82, 2.24) is 9.78 Å². The number of nitrogens with one attached hydrogen (secondary N) is 1. The van der Waals surface area contributed by atoms with Crippen LogP contribution in [0.1, 0.15) is 25.6 Å². The Morgan fingerprint density at radius 1 is 1.45 bits per heavy atom. The van der Waals surface area contributed by atoms with E-state index in [0.717, 1.165) is 0 Å². The number of hydrogen-bond acceptors (Lipinski definition) is 5. The summed E-state index contributed by atoms with van der Waals surface area (Å²) in [6.45, 7) is 5.46. The monoisotopic (exact) mass is 275 g/mol. The van der Waals surface area contributed by atoms with Crippen LogP contribution in [-0.2, 0) is 0 Å². The number of nitrogens with zero attached hydrogens (tertiary/aromatic N) is 3. The number of nitro groups is 1. The fraction of sp³-hybridized carbons (Fsp3) is 0.308. The van der Waals surface area contributed by atoms with Gasteiger partial charge in [-0.3, -0.25) is 10.1 Å². The average molecular weight is 275 g/mol. The number of nitrogen functional groups attached to an aromatic ring is 1. The molecule has 0 unspecified atom stereocenters. The Balaban J connectivity index is 2.51. The molecule has 2 rings (SSSR count). The lowest BCUT2D eigenvalue weighted by Gasteiger charge is -2.12. The molecule has 1 heterocycles. The smallest absolute Gasteiger partial charge is 0.334 e. The van der Waals surface area contributed by atoms with Crippen molar-refractivity contribution in [2.45, 2.75) is 26.8 Å². The van der Waals surface area contributed by atoms with Gasteiger partial charge >= 0.3 is 5.69 Å². The van der Waals surface area contributed by atoms with E-state index in [1.54, 1.807) is 35.9 Å². The molecule has 106 valence electrons. The molecule has 0 aliphatic rings. The van der Waals surface area contributed by atoms with Crippen LogP contribution in [0.15, 0.2) is 24.3 Å². The maximum absolute atomic E-state index is 11.2. The highest BCUT2D eigenvalue weighted by Crippen LogP contribution is 2.33. The van der Waals surface area contributed by atoms with Crippen molar-refractivity contribution in [3.05, 3.63) is 40.1 Å². The molecule has 7 nitrogen and oxygen atoms in total. The maximum atomic E-state index is 11.2. The first-order chi connectivity index (χ1) is 9.40. The quantitative estimate of drug-likeness (QED) is 0.507. The first-order valence-corrected chi connectivity index (χ1v) is 6.26. The molecule has 0 fully saturated rings. The van der Waals surface area contributed by atoms with Gasteiger partial charge in [0.1, 0.15) is 5.69 Å². The Hall–Kier alpha value is -2.57. The van der Waals surface area contributed by atoms with Gasteiger partial charge in [-0.05, 0) is 39.0 Å². The molecule has 0 saturated heterocycles. The first-order valence-electron chi connectivity index (χ1n) is 6.26. The van der Waals surface area contributed by atoms with Crippen LogP contribution in [0.4, 0.5) is 22.9 Å². The van der Waals surface area contributed by atoms with Gasteiger partial charge < -0.3 is 11.1 Å². The van der Waals surface area contributed by atoms with Crippen molar-refractivity contribution >= 4 is 22.9 Å². The molecule has 0 aliphatic carbocycles. The molecule has 3 N–H and O–H groups in total. The van der Waals surface area contributed by atoms with Gasteiger partial charge in [0.2, 0.25) is 5.82 Å². The minimum atomic E-state index is -0.421. The number of benzene rings is 1. The molecule has 0 aliphatic heterocycles. The van der Waals surface area contributed by atoms with Gasteiger partial charge in [-0.25, -0.2) is 4.68 Å². The summed E-state index contributed by atoms with van der Waals surface area (Å²) < 4.78 is 1.61. The lowest BCUT2D eigenvalue weighted by atomic mass is 10.2. The minimum Gasteiger partial charge on any atom is -0.399 e. The zero-order chi connectivity index (χ0) is 14.9. The fourth-order valence-corrected chi connectivity index (χ4v) is 2.00. The summed E-state index contributed by atoms with van der Waals surface area (Å²) in [6.07, 6.45) is 0. The third kappa shape index (κ3) is 2.56. The molecule has 1 aromatic carbocycles. The molecule has 7 heteroatoms. The molecular formula is C13H17N5O2. The second-order valence-corrected chi connectivity index (χ2v) is 4.83. The van der Waals surface area contributed by atoms with E-state index in [1.807, 2.05) is 13.8 Å². The summed E-state index contributed by atoms with van der Waals surface area (Å²) in [6, 6.07) is 7.06. The third-order valence-corrected chi connectivity index (χ3v) is 2.87. The van der Waals surface area contributed by atoms with Crippen LogP contribution in [0.25, 0.3) is 0 Å². The van der Waals surface area contributed by atoms with Crippen LogP contribution in [-0.4, -0.2) is 14.7 Å². The Morgan fingerprint density at radius 3 is 2.70 bits per heavy atom. The summed E-state index contributed by atoms with van der Waals surface area (Å²) in [5.41, 5.74) is 7.37.